The average Bonchev–Trinajstić information content (AvgIpc) is 3.35. The second-order valence-electron chi connectivity index (χ2n) is 9.28. The van der Waals surface area contributed by atoms with Gasteiger partial charge in [0.15, 0.2) is 5.82 Å². The molecule has 3 aromatic rings. The number of rotatable bonds is 8. The summed E-state index contributed by atoms with van der Waals surface area (Å²) in [4.78, 5) is 23.0. The van der Waals surface area contributed by atoms with E-state index in [0.29, 0.717) is 34.4 Å². The molecule has 39 heavy (non-hydrogen) atoms. The van der Waals surface area contributed by atoms with Gasteiger partial charge in [0.25, 0.3) is 11.5 Å². The first-order valence-corrected chi connectivity index (χ1v) is 12.6. The first-order chi connectivity index (χ1) is 18.4. The van der Waals surface area contributed by atoms with Crippen LogP contribution in [0.5, 0.6) is 0 Å². The average molecular weight is 584 g/mol. The van der Waals surface area contributed by atoms with Crippen molar-refractivity contribution in [2.24, 2.45) is 16.2 Å². The van der Waals surface area contributed by atoms with Gasteiger partial charge in [0.05, 0.1) is 28.5 Å². The maximum atomic E-state index is 14.4. The number of carbonyl (C=O) groups is 1. The molecule has 12 heteroatoms. The van der Waals surface area contributed by atoms with Crippen molar-refractivity contribution in [2.75, 3.05) is 13.2 Å². The monoisotopic (exact) mass is 583 g/mol. The standard InChI is InChI=1S/C27H23Cl2F4N3O3/c1-15(2)14-38-35-10-9-34-25(37)20-8-7-19(17-5-3-4-6-18(17)20)23-13-26(39-36-23,27(31,32)33)16-11-21(28)24(30)22(29)12-16/h3-8,10-12,15H,9,13-14H2,1-2H3,(H,34,37). The Morgan fingerprint density at radius 3 is 2.49 bits per heavy atom. The highest BCUT2D eigenvalue weighted by atomic mass is 35.5. The fourth-order valence-corrected chi connectivity index (χ4v) is 4.59. The van der Waals surface area contributed by atoms with E-state index in [9.17, 15) is 22.4 Å². The number of hydrogen-bond acceptors (Lipinski definition) is 5. The highest BCUT2D eigenvalue weighted by Crippen LogP contribution is 2.50. The second-order valence-corrected chi connectivity index (χ2v) is 10.1. The van der Waals surface area contributed by atoms with Crippen molar-refractivity contribution in [3.63, 3.8) is 0 Å². The van der Waals surface area contributed by atoms with Gasteiger partial charge >= 0.3 is 6.18 Å². The molecule has 1 N–H and O–H groups in total. The highest BCUT2D eigenvalue weighted by molar-refractivity contribution is 6.35. The number of amides is 1. The smallest absolute Gasteiger partial charge is 0.396 e. The van der Waals surface area contributed by atoms with E-state index in [1.807, 2.05) is 13.8 Å². The van der Waals surface area contributed by atoms with Gasteiger partial charge in [-0.05, 0) is 34.9 Å². The molecule has 3 aromatic carbocycles. The van der Waals surface area contributed by atoms with Gasteiger partial charge in [0.2, 0.25) is 0 Å². The summed E-state index contributed by atoms with van der Waals surface area (Å²) in [7, 11) is 0. The lowest BCUT2D eigenvalue weighted by Crippen LogP contribution is -2.42. The van der Waals surface area contributed by atoms with Crippen LogP contribution in [0.1, 0.15) is 41.8 Å². The number of carbonyl (C=O) groups excluding carboxylic acids is 1. The summed E-state index contributed by atoms with van der Waals surface area (Å²) < 4.78 is 57.2. The SMILES string of the molecule is CC(C)CON=CCNC(=O)c1ccc(C2=NOC(c3cc(Cl)c(F)c(Cl)c3)(C(F)(F)F)C2)c2ccccc12. The van der Waals surface area contributed by atoms with E-state index >= 15 is 0 Å². The van der Waals surface area contributed by atoms with Crippen LogP contribution in [0, 0.1) is 11.7 Å². The lowest BCUT2D eigenvalue weighted by atomic mass is 9.85. The molecule has 0 saturated carbocycles. The minimum absolute atomic E-state index is 0.0125. The van der Waals surface area contributed by atoms with Crippen molar-refractivity contribution in [2.45, 2.75) is 32.0 Å². The summed E-state index contributed by atoms with van der Waals surface area (Å²) in [5.41, 5.74) is -2.77. The van der Waals surface area contributed by atoms with Crippen molar-refractivity contribution in [3.05, 3.63) is 81.1 Å². The van der Waals surface area contributed by atoms with Crippen LogP contribution < -0.4 is 5.32 Å². The molecule has 0 saturated heterocycles. The zero-order chi connectivity index (χ0) is 28.4. The molecular formula is C27H23Cl2F4N3O3. The fraction of sp³-hybridized carbons (Fsp3) is 0.296. The maximum Gasteiger partial charge on any atom is 0.435 e. The molecule has 0 aromatic heterocycles. The van der Waals surface area contributed by atoms with E-state index in [4.69, 9.17) is 32.9 Å². The highest BCUT2D eigenvalue weighted by Gasteiger charge is 2.62. The van der Waals surface area contributed by atoms with Gasteiger partial charge in [-0.2, -0.15) is 13.2 Å². The van der Waals surface area contributed by atoms with Crippen LogP contribution in [-0.4, -0.2) is 37.2 Å². The van der Waals surface area contributed by atoms with Gasteiger partial charge in [-0.15, -0.1) is 0 Å². The molecule has 0 spiro atoms. The molecule has 1 amide bonds. The second kappa shape index (κ2) is 11.4. The predicted octanol–water partition coefficient (Wildman–Crippen LogP) is 7.26. The third-order valence-corrected chi connectivity index (χ3v) is 6.58. The van der Waals surface area contributed by atoms with Crippen molar-refractivity contribution >= 4 is 51.8 Å². The Morgan fingerprint density at radius 2 is 1.85 bits per heavy atom. The number of oxime groups is 2. The number of nitrogens with zero attached hydrogens (tertiary/aromatic N) is 2. The zero-order valence-electron chi connectivity index (χ0n) is 20.8. The molecule has 0 bridgehead atoms. The number of alkyl halides is 3. The number of benzene rings is 3. The zero-order valence-corrected chi connectivity index (χ0v) is 22.3. The van der Waals surface area contributed by atoms with Crippen LogP contribution in [0.2, 0.25) is 10.0 Å². The van der Waals surface area contributed by atoms with Crippen LogP contribution >= 0.6 is 23.2 Å². The largest absolute Gasteiger partial charge is 0.435 e. The Morgan fingerprint density at radius 1 is 1.18 bits per heavy atom. The van der Waals surface area contributed by atoms with E-state index in [1.54, 1.807) is 24.3 Å². The lowest BCUT2D eigenvalue weighted by molar-refractivity contribution is -0.275. The van der Waals surface area contributed by atoms with Gasteiger partial charge in [-0.25, -0.2) is 4.39 Å². The number of hydrogen-bond donors (Lipinski definition) is 1. The minimum atomic E-state index is -4.95. The molecular weight excluding hydrogens is 561 g/mol. The molecule has 206 valence electrons. The number of halogens is 6. The minimum Gasteiger partial charge on any atom is -0.396 e. The van der Waals surface area contributed by atoms with Gasteiger partial charge in [0, 0.05) is 23.1 Å². The first-order valence-electron chi connectivity index (χ1n) is 11.9. The number of nitrogens with one attached hydrogen (secondary N) is 1. The van der Waals surface area contributed by atoms with Gasteiger partial charge in [0.1, 0.15) is 6.61 Å². The van der Waals surface area contributed by atoms with Crippen molar-refractivity contribution in [1.29, 1.82) is 0 Å². The fourth-order valence-electron chi connectivity index (χ4n) is 4.10. The Balaban J connectivity index is 1.63. The Labute approximate surface area is 231 Å². The van der Waals surface area contributed by atoms with Crippen molar-refractivity contribution in [3.8, 4) is 0 Å². The molecule has 1 heterocycles. The Kier molecular flexibility index (Phi) is 8.37. The van der Waals surface area contributed by atoms with Crippen LogP contribution in [0.3, 0.4) is 0 Å². The third kappa shape index (κ3) is 5.81. The molecule has 0 aliphatic carbocycles. The molecule has 0 radical (unpaired) electrons. The van der Waals surface area contributed by atoms with E-state index in [2.05, 4.69) is 15.6 Å². The summed E-state index contributed by atoms with van der Waals surface area (Å²) >= 11 is 11.6. The molecule has 4 rings (SSSR count). The van der Waals surface area contributed by atoms with Crippen LogP contribution in [0.25, 0.3) is 10.8 Å². The van der Waals surface area contributed by atoms with Gasteiger partial charge < -0.3 is 15.0 Å². The van der Waals surface area contributed by atoms with Crippen molar-refractivity contribution in [1.82, 2.24) is 5.32 Å². The van der Waals surface area contributed by atoms with E-state index in [0.717, 1.165) is 12.1 Å². The molecule has 1 aliphatic heterocycles. The normalized spacial score (nSPS) is 17.5. The quantitative estimate of drug-likeness (QED) is 0.131. The van der Waals surface area contributed by atoms with Gasteiger partial charge in [-0.1, -0.05) is 77.7 Å². The van der Waals surface area contributed by atoms with Gasteiger partial charge in [-0.3, -0.25) is 4.79 Å². The van der Waals surface area contributed by atoms with Crippen molar-refractivity contribution < 1.29 is 32.0 Å². The van der Waals surface area contributed by atoms with E-state index in [1.165, 1.54) is 18.3 Å². The summed E-state index contributed by atoms with van der Waals surface area (Å²) in [5, 5.41) is 10.1. The Hall–Kier alpha value is -3.37. The summed E-state index contributed by atoms with van der Waals surface area (Å²) in [6.07, 6.45) is -4.25. The summed E-state index contributed by atoms with van der Waals surface area (Å²) in [6.45, 7) is 4.52. The van der Waals surface area contributed by atoms with Crippen LogP contribution in [0.4, 0.5) is 17.6 Å². The summed E-state index contributed by atoms with van der Waals surface area (Å²) in [5.74, 6) is -1.13. The molecule has 1 unspecified atom stereocenters. The Bertz CT molecular complexity index is 1440. The number of fused-ring (bicyclic) bond motifs is 1. The molecule has 0 fully saturated rings. The van der Waals surface area contributed by atoms with E-state index in [-0.39, 0.29) is 12.3 Å². The molecule has 6 nitrogen and oxygen atoms in total. The molecule has 1 aliphatic rings. The maximum absolute atomic E-state index is 14.4. The lowest BCUT2D eigenvalue weighted by Gasteiger charge is -2.29. The predicted molar refractivity (Wildman–Crippen MR) is 142 cm³/mol. The van der Waals surface area contributed by atoms with E-state index < -0.39 is 45.5 Å². The summed E-state index contributed by atoms with van der Waals surface area (Å²) in [6, 6.07) is 11.4. The topological polar surface area (TPSA) is 72.3 Å². The van der Waals surface area contributed by atoms with Crippen LogP contribution in [0.15, 0.2) is 58.8 Å². The molecule has 1 atom stereocenters. The first kappa shape index (κ1) is 28.6. The third-order valence-electron chi connectivity index (χ3n) is 6.03. The van der Waals surface area contributed by atoms with Crippen LogP contribution in [-0.2, 0) is 15.3 Å².